The van der Waals surface area contributed by atoms with Crippen LogP contribution in [0.5, 0.6) is 0 Å². The number of anilines is 1. The van der Waals surface area contributed by atoms with Crippen LogP contribution in [0.3, 0.4) is 0 Å². The molecule has 2 N–H and O–H groups in total. The quantitative estimate of drug-likeness (QED) is 0.613. The molecule has 0 bridgehead atoms. The van der Waals surface area contributed by atoms with Gasteiger partial charge in [0.25, 0.3) is 5.91 Å². The van der Waals surface area contributed by atoms with Gasteiger partial charge < -0.3 is 19.9 Å². The zero-order chi connectivity index (χ0) is 22.8. The number of aliphatic hydroxyl groups excluding tert-OH is 1. The van der Waals surface area contributed by atoms with Crippen molar-refractivity contribution in [1.82, 2.24) is 14.9 Å². The third-order valence-electron chi connectivity index (χ3n) is 7.19. The van der Waals surface area contributed by atoms with Gasteiger partial charge in [-0.2, -0.15) is 0 Å². The zero-order valence-corrected chi connectivity index (χ0v) is 18.8. The second kappa shape index (κ2) is 9.51. The lowest BCUT2D eigenvalue weighted by molar-refractivity contribution is 0.0718. The van der Waals surface area contributed by atoms with Crippen molar-refractivity contribution in [3.63, 3.8) is 0 Å². The first-order valence-electron chi connectivity index (χ1n) is 12.0. The average Bonchev–Trinajstić information content (AvgIpc) is 3.21. The van der Waals surface area contributed by atoms with E-state index in [0.29, 0.717) is 23.3 Å². The fourth-order valence-corrected chi connectivity index (χ4v) is 5.32. The van der Waals surface area contributed by atoms with E-state index >= 15 is 0 Å². The van der Waals surface area contributed by atoms with Crippen molar-refractivity contribution in [2.24, 2.45) is 5.92 Å². The number of nitrogens with one attached hydrogen (secondary N) is 1. The van der Waals surface area contributed by atoms with Crippen LogP contribution in [-0.4, -0.2) is 45.8 Å². The van der Waals surface area contributed by atoms with Crippen LogP contribution >= 0.6 is 0 Å². The number of fused-ring (bicyclic) bond motifs is 1. The molecule has 5 rings (SSSR count). The lowest BCUT2D eigenvalue weighted by atomic mass is 9.92. The highest BCUT2D eigenvalue weighted by Gasteiger charge is 2.28. The fourth-order valence-electron chi connectivity index (χ4n) is 5.32. The lowest BCUT2D eigenvalue weighted by Gasteiger charge is -2.33. The highest BCUT2D eigenvalue weighted by molar-refractivity contribution is 6.07. The Balaban J connectivity index is 1.33. The minimum atomic E-state index is -0.537. The number of piperidine rings is 1. The molecular weight excluding hydrogens is 419 g/mol. The van der Waals surface area contributed by atoms with Gasteiger partial charge in [-0.05, 0) is 55.9 Å². The van der Waals surface area contributed by atoms with Gasteiger partial charge in [-0.25, -0.2) is 9.37 Å². The van der Waals surface area contributed by atoms with Crippen LogP contribution in [-0.2, 0) is 6.54 Å². The van der Waals surface area contributed by atoms with Crippen LogP contribution in [0.25, 0.3) is 10.9 Å². The van der Waals surface area contributed by atoms with E-state index in [-0.39, 0.29) is 17.8 Å². The Hall–Kier alpha value is -2.93. The minimum absolute atomic E-state index is 0.271. The molecule has 1 aliphatic carbocycles. The van der Waals surface area contributed by atoms with Crippen molar-refractivity contribution in [2.75, 3.05) is 18.0 Å². The molecule has 2 atom stereocenters. The van der Waals surface area contributed by atoms with E-state index in [1.807, 2.05) is 35.0 Å². The largest absolute Gasteiger partial charge is 0.391 e. The van der Waals surface area contributed by atoms with Crippen molar-refractivity contribution in [2.45, 2.75) is 57.2 Å². The number of halogens is 1. The van der Waals surface area contributed by atoms with Crippen LogP contribution in [0.15, 0.2) is 48.8 Å². The van der Waals surface area contributed by atoms with Crippen molar-refractivity contribution in [3.8, 4) is 0 Å². The molecule has 0 spiro atoms. The topological polar surface area (TPSA) is 70.4 Å². The summed E-state index contributed by atoms with van der Waals surface area (Å²) in [6, 6.07) is 10.7. The molecule has 1 amide bonds. The summed E-state index contributed by atoms with van der Waals surface area (Å²) in [6.07, 6.45) is 8.51. The van der Waals surface area contributed by atoms with Crippen molar-refractivity contribution >= 4 is 22.6 Å². The Kier molecular flexibility index (Phi) is 6.31. The monoisotopic (exact) mass is 450 g/mol. The molecule has 1 aliphatic heterocycles. The van der Waals surface area contributed by atoms with Crippen molar-refractivity contribution < 1.29 is 14.3 Å². The predicted molar refractivity (Wildman–Crippen MR) is 127 cm³/mol. The number of nitrogens with zero attached hydrogens (tertiary/aromatic N) is 3. The summed E-state index contributed by atoms with van der Waals surface area (Å²) >= 11 is 0. The molecule has 1 aromatic carbocycles. The second-order valence-electron chi connectivity index (χ2n) is 9.38. The first-order chi connectivity index (χ1) is 16.1. The average molecular weight is 451 g/mol. The molecule has 6 nitrogen and oxygen atoms in total. The van der Waals surface area contributed by atoms with Crippen molar-refractivity contribution in [1.29, 1.82) is 0 Å². The third kappa shape index (κ3) is 4.60. The van der Waals surface area contributed by atoms with Gasteiger partial charge in [0, 0.05) is 37.4 Å². The molecule has 2 unspecified atom stereocenters. The molecule has 2 fully saturated rings. The van der Waals surface area contributed by atoms with E-state index in [2.05, 4.69) is 15.2 Å². The second-order valence-corrected chi connectivity index (χ2v) is 9.38. The Morgan fingerprint density at radius 2 is 1.91 bits per heavy atom. The Labute approximate surface area is 193 Å². The van der Waals surface area contributed by atoms with Crippen LogP contribution in [0.4, 0.5) is 10.2 Å². The number of rotatable bonds is 5. The number of aromatic nitrogens is 2. The Bertz CT molecular complexity index is 1110. The molecular formula is C26H31FN4O2. The van der Waals surface area contributed by atoms with Gasteiger partial charge in [-0.15, -0.1) is 0 Å². The highest BCUT2D eigenvalue weighted by Crippen LogP contribution is 2.29. The predicted octanol–water partition coefficient (Wildman–Crippen LogP) is 4.13. The standard InChI is InChI=1S/C26H31FN4O2/c27-20-6-5-8-22-25(20)19(26(33)29-21-7-1-2-9-23(21)32)17-31(22)16-18-11-14-30(15-12-18)24-10-3-4-13-28-24/h3-6,8,10,13,17-18,21,23,32H,1-2,7,9,11-12,14-16H2,(H,29,33). The smallest absolute Gasteiger partial charge is 0.253 e. The lowest BCUT2D eigenvalue weighted by Crippen LogP contribution is -2.45. The van der Waals surface area contributed by atoms with Gasteiger partial charge in [0.1, 0.15) is 11.6 Å². The molecule has 3 aromatic rings. The summed E-state index contributed by atoms with van der Waals surface area (Å²) < 4.78 is 16.9. The number of hydrogen-bond acceptors (Lipinski definition) is 4. The molecule has 2 aliphatic rings. The van der Waals surface area contributed by atoms with E-state index in [1.54, 1.807) is 12.3 Å². The summed E-state index contributed by atoms with van der Waals surface area (Å²) in [5, 5.41) is 13.6. The molecule has 174 valence electrons. The van der Waals surface area contributed by atoms with Gasteiger partial charge in [-0.3, -0.25) is 4.79 Å². The number of pyridine rings is 1. The van der Waals surface area contributed by atoms with Crippen molar-refractivity contribution in [3.05, 3.63) is 60.2 Å². The molecule has 3 heterocycles. The number of hydrogen-bond donors (Lipinski definition) is 2. The maximum absolute atomic E-state index is 14.8. The highest BCUT2D eigenvalue weighted by atomic mass is 19.1. The maximum Gasteiger partial charge on any atom is 0.253 e. The summed E-state index contributed by atoms with van der Waals surface area (Å²) in [5.41, 5.74) is 1.10. The number of amides is 1. The summed E-state index contributed by atoms with van der Waals surface area (Å²) in [7, 11) is 0. The minimum Gasteiger partial charge on any atom is -0.391 e. The van der Waals surface area contributed by atoms with E-state index in [4.69, 9.17) is 0 Å². The van der Waals surface area contributed by atoms with E-state index in [1.165, 1.54) is 6.07 Å². The molecule has 7 heteroatoms. The first-order valence-corrected chi connectivity index (χ1v) is 12.0. The van der Waals surface area contributed by atoms with E-state index < -0.39 is 6.10 Å². The SMILES string of the molecule is O=C(NC1CCCCC1O)c1cn(CC2CCN(c3ccccn3)CC2)c2cccc(F)c12. The van der Waals surface area contributed by atoms with Gasteiger partial charge in [0.15, 0.2) is 0 Å². The summed E-state index contributed by atoms with van der Waals surface area (Å²) in [4.78, 5) is 19.9. The maximum atomic E-state index is 14.8. The third-order valence-corrected chi connectivity index (χ3v) is 7.19. The van der Waals surface area contributed by atoms with Gasteiger partial charge in [0.2, 0.25) is 0 Å². The normalized spacial score (nSPS) is 21.9. The van der Waals surface area contributed by atoms with Crippen LogP contribution in [0, 0.1) is 11.7 Å². The van der Waals surface area contributed by atoms with Gasteiger partial charge in [-0.1, -0.05) is 25.0 Å². The fraction of sp³-hybridized carbons (Fsp3) is 0.462. The van der Waals surface area contributed by atoms with Crippen LogP contribution in [0.2, 0.25) is 0 Å². The molecule has 2 aromatic heterocycles. The zero-order valence-electron chi connectivity index (χ0n) is 18.8. The number of carbonyl (C=O) groups excluding carboxylic acids is 1. The first kappa shape index (κ1) is 21.9. The molecule has 1 saturated heterocycles. The Morgan fingerprint density at radius 1 is 1.09 bits per heavy atom. The Morgan fingerprint density at radius 3 is 2.67 bits per heavy atom. The number of benzene rings is 1. The van der Waals surface area contributed by atoms with Crippen LogP contribution in [0.1, 0.15) is 48.9 Å². The number of carbonyl (C=O) groups is 1. The van der Waals surface area contributed by atoms with Crippen LogP contribution < -0.4 is 10.2 Å². The molecule has 33 heavy (non-hydrogen) atoms. The summed E-state index contributed by atoms with van der Waals surface area (Å²) in [5.74, 6) is 0.763. The van der Waals surface area contributed by atoms with Gasteiger partial charge in [0.05, 0.1) is 23.2 Å². The van der Waals surface area contributed by atoms with E-state index in [0.717, 1.165) is 63.1 Å². The molecule has 1 saturated carbocycles. The number of aliphatic hydroxyl groups is 1. The van der Waals surface area contributed by atoms with Gasteiger partial charge >= 0.3 is 0 Å². The van der Waals surface area contributed by atoms with E-state index in [9.17, 15) is 14.3 Å². The molecule has 0 radical (unpaired) electrons. The summed E-state index contributed by atoms with van der Waals surface area (Å²) in [6.45, 7) is 2.61.